The second-order valence-corrected chi connectivity index (χ2v) is 4.61. The van der Waals surface area contributed by atoms with E-state index in [-0.39, 0.29) is 12.1 Å². The van der Waals surface area contributed by atoms with Crippen LogP contribution in [-0.2, 0) is 9.53 Å². The molecule has 0 aromatic rings. The Morgan fingerprint density at radius 1 is 1.24 bits per heavy atom. The number of piperidine rings is 1. The Morgan fingerprint density at radius 2 is 1.76 bits per heavy atom. The average molecular weight is 249 g/mol. The van der Waals surface area contributed by atoms with E-state index in [4.69, 9.17) is 4.74 Å². The number of hydrogen-bond donors (Lipinski definition) is 1. The molecule has 1 N–H and O–H groups in total. The van der Waals surface area contributed by atoms with Gasteiger partial charge in [-0.3, -0.25) is 4.79 Å². The highest BCUT2D eigenvalue weighted by Crippen LogP contribution is 2.32. The van der Waals surface area contributed by atoms with Gasteiger partial charge in [0.2, 0.25) is 0 Å². The van der Waals surface area contributed by atoms with Gasteiger partial charge in [-0.05, 0) is 12.8 Å². The van der Waals surface area contributed by atoms with Gasteiger partial charge in [0.25, 0.3) is 0 Å². The van der Waals surface area contributed by atoms with Crippen molar-refractivity contribution >= 4 is 5.78 Å². The predicted octanol–water partition coefficient (Wildman–Crippen LogP) is 1.44. The molecule has 2 aliphatic heterocycles. The van der Waals surface area contributed by atoms with Crippen molar-refractivity contribution in [3.63, 3.8) is 0 Å². The van der Waals surface area contributed by atoms with Gasteiger partial charge in [0.05, 0.1) is 18.8 Å². The zero-order valence-electron chi connectivity index (χ0n) is 9.22. The first kappa shape index (κ1) is 12.6. The van der Waals surface area contributed by atoms with E-state index in [9.17, 15) is 18.0 Å². The number of allylic oxidation sites excluding steroid dienone is 1. The van der Waals surface area contributed by atoms with Crippen molar-refractivity contribution in [2.75, 3.05) is 13.2 Å². The van der Waals surface area contributed by atoms with Gasteiger partial charge in [0, 0.05) is 18.0 Å². The van der Waals surface area contributed by atoms with Crippen molar-refractivity contribution in [3.05, 3.63) is 12.2 Å². The summed E-state index contributed by atoms with van der Waals surface area (Å²) in [6.45, 7) is 3.78. The molecule has 0 radical (unpaired) electrons. The van der Waals surface area contributed by atoms with E-state index in [0.717, 1.165) is 0 Å². The molecule has 2 heterocycles. The molecule has 0 amide bonds. The monoisotopic (exact) mass is 249 g/mol. The average Bonchev–Trinajstić information content (AvgIpc) is 2.25. The molecule has 2 rings (SSSR count). The number of ketones is 1. The van der Waals surface area contributed by atoms with Gasteiger partial charge >= 0.3 is 6.18 Å². The molecule has 0 aromatic heterocycles. The number of morpholine rings is 1. The summed E-state index contributed by atoms with van der Waals surface area (Å²) in [7, 11) is 0. The van der Waals surface area contributed by atoms with Gasteiger partial charge in [-0.1, -0.05) is 6.58 Å². The number of halogens is 3. The Balaban J connectivity index is 2.03. The molecule has 96 valence electrons. The SMILES string of the molecule is C=C(C(=O)C1CC2COCC(C1)N2)C(F)(F)F. The fraction of sp³-hybridized carbons (Fsp3) is 0.727. The molecule has 0 aromatic carbocycles. The fourth-order valence-corrected chi connectivity index (χ4v) is 2.44. The van der Waals surface area contributed by atoms with Crippen LogP contribution in [-0.4, -0.2) is 37.3 Å². The Labute approximate surface area is 97.0 Å². The second-order valence-electron chi connectivity index (χ2n) is 4.61. The van der Waals surface area contributed by atoms with Crippen molar-refractivity contribution < 1.29 is 22.7 Å². The number of carbonyl (C=O) groups is 1. The second kappa shape index (κ2) is 4.42. The van der Waals surface area contributed by atoms with Gasteiger partial charge in [0.15, 0.2) is 5.78 Å². The maximum absolute atomic E-state index is 12.4. The van der Waals surface area contributed by atoms with Crippen LogP contribution in [0.25, 0.3) is 0 Å². The highest BCUT2D eigenvalue weighted by Gasteiger charge is 2.42. The lowest BCUT2D eigenvalue weighted by atomic mass is 9.82. The number of rotatable bonds is 2. The molecule has 2 unspecified atom stereocenters. The van der Waals surface area contributed by atoms with Crippen LogP contribution in [0.5, 0.6) is 0 Å². The molecule has 0 aliphatic carbocycles. The highest BCUT2D eigenvalue weighted by atomic mass is 19.4. The lowest BCUT2D eigenvalue weighted by molar-refractivity contribution is -0.134. The molecule has 3 nitrogen and oxygen atoms in total. The van der Waals surface area contributed by atoms with Crippen LogP contribution in [0.1, 0.15) is 12.8 Å². The maximum atomic E-state index is 12.4. The van der Waals surface area contributed by atoms with E-state index >= 15 is 0 Å². The first-order chi connectivity index (χ1) is 7.88. The third kappa shape index (κ3) is 2.69. The lowest BCUT2D eigenvalue weighted by Crippen LogP contribution is -2.55. The van der Waals surface area contributed by atoms with Crippen LogP contribution < -0.4 is 5.32 Å². The van der Waals surface area contributed by atoms with E-state index in [1.165, 1.54) is 0 Å². The van der Waals surface area contributed by atoms with E-state index < -0.39 is 23.5 Å². The standard InChI is InChI=1S/C11H14F3NO2/c1-6(11(12,13)14)10(16)7-2-8-4-17-5-9(3-7)15-8/h7-9,15H,1-5H2. The molecule has 2 bridgehead atoms. The minimum atomic E-state index is -4.62. The minimum absolute atomic E-state index is 0.0162. The Kier molecular flexibility index (Phi) is 3.27. The van der Waals surface area contributed by atoms with Gasteiger partial charge in [0.1, 0.15) is 0 Å². The van der Waals surface area contributed by atoms with Gasteiger partial charge in [-0.25, -0.2) is 0 Å². The Bertz CT molecular complexity index is 328. The summed E-state index contributed by atoms with van der Waals surface area (Å²) in [5, 5.41) is 3.23. The molecular formula is C11H14F3NO2. The van der Waals surface area contributed by atoms with E-state index in [2.05, 4.69) is 11.9 Å². The smallest absolute Gasteiger partial charge is 0.378 e. The number of alkyl halides is 3. The Hall–Kier alpha value is -0.880. The van der Waals surface area contributed by atoms with Crippen molar-refractivity contribution in [3.8, 4) is 0 Å². The molecule has 0 spiro atoms. The van der Waals surface area contributed by atoms with Crippen LogP contribution in [0.2, 0.25) is 0 Å². The molecule has 2 fully saturated rings. The van der Waals surface area contributed by atoms with Gasteiger partial charge in [-0.15, -0.1) is 0 Å². The third-order valence-electron chi connectivity index (χ3n) is 3.26. The largest absolute Gasteiger partial charge is 0.419 e. The summed E-state index contributed by atoms with van der Waals surface area (Å²) in [6, 6.07) is -0.0324. The van der Waals surface area contributed by atoms with Crippen molar-refractivity contribution in [1.82, 2.24) is 5.32 Å². The molecule has 6 heteroatoms. The number of hydrogen-bond acceptors (Lipinski definition) is 3. The normalized spacial score (nSPS) is 33.2. The number of ether oxygens (including phenoxy) is 1. The van der Waals surface area contributed by atoms with E-state index in [0.29, 0.717) is 26.1 Å². The highest BCUT2D eigenvalue weighted by molar-refractivity contribution is 5.97. The van der Waals surface area contributed by atoms with Crippen molar-refractivity contribution in [1.29, 1.82) is 0 Å². The number of carbonyl (C=O) groups excluding carboxylic acids is 1. The summed E-state index contributed by atoms with van der Waals surface area (Å²) < 4.78 is 42.4. The summed E-state index contributed by atoms with van der Waals surface area (Å²) in [5.41, 5.74) is -1.23. The molecule has 0 saturated carbocycles. The van der Waals surface area contributed by atoms with Crippen LogP contribution >= 0.6 is 0 Å². The van der Waals surface area contributed by atoms with Crippen LogP contribution in [0.3, 0.4) is 0 Å². The van der Waals surface area contributed by atoms with E-state index in [1.807, 2.05) is 0 Å². The number of nitrogens with one attached hydrogen (secondary N) is 1. The Morgan fingerprint density at radius 3 is 2.24 bits per heavy atom. The summed E-state index contributed by atoms with van der Waals surface area (Å²) in [6.07, 6.45) is -3.83. The van der Waals surface area contributed by atoms with Gasteiger partial charge in [-0.2, -0.15) is 13.2 Å². The van der Waals surface area contributed by atoms with Crippen LogP contribution in [0, 0.1) is 5.92 Å². The molecule has 2 saturated heterocycles. The van der Waals surface area contributed by atoms with Gasteiger partial charge < -0.3 is 10.1 Å². The molecule has 17 heavy (non-hydrogen) atoms. The zero-order chi connectivity index (χ0) is 12.6. The number of fused-ring (bicyclic) bond motifs is 2. The quantitative estimate of drug-likeness (QED) is 0.753. The van der Waals surface area contributed by atoms with Crippen LogP contribution in [0.15, 0.2) is 12.2 Å². The van der Waals surface area contributed by atoms with Crippen LogP contribution in [0.4, 0.5) is 13.2 Å². The number of Topliss-reactive ketones (excluding diaryl/α,β-unsaturated/α-hetero) is 1. The zero-order valence-corrected chi connectivity index (χ0v) is 9.22. The lowest BCUT2D eigenvalue weighted by Gasteiger charge is -2.39. The molecule has 2 atom stereocenters. The topological polar surface area (TPSA) is 38.3 Å². The minimum Gasteiger partial charge on any atom is -0.378 e. The van der Waals surface area contributed by atoms with E-state index in [1.54, 1.807) is 0 Å². The predicted molar refractivity (Wildman–Crippen MR) is 54.5 cm³/mol. The fourth-order valence-electron chi connectivity index (χ4n) is 2.44. The van der Waals surface area contributed by atoms with Crippen molar-refractivity contribution in [2.45, 2.75) is 31.1 Å². The first-order valence-corrected chi connectivity index (χ1v) is 5.52. The third-order valence-corrected chi connectivity index (χ3v) is 3.26. The molecule has 2 aliphatic rings. The molecular weight excluding hydrogens is 235 g/mol. The first-order valence-electron chi connectivity index (χ1n) is 5.52. The van der Waals surface area contributed by atoms with Crippen molar-refractivity contribution in [2.24, 2.45) is 5.92 Å². The summed E-state index contributed by atoms with van der Waals surface area (Å²) in [5.74, 6) is -1.44. The summed E-state index contributed by atoms with van der Waals surface area (Å²) >= 11 is 0. The summed E-state index contributed by atoms with van der Waals surface area (Å²) in [4.78, 5) is 11.7. The maximum Gasteiger partial charge on any atom is 0.419 e.